The van der Waals surface area contributed by atoms with Gasteiger partial charge in [-0.15, -0.1) is 0 Å². The maximum atomic E-state index is 3.81. The second-order valence-corrected chi connectivity index (χ2v) is 7.22. The van der Waals surface area contributed by atoms with Crippen LogP contribution >= 0.6 is 0 Å². The average Bonchev–Trinajstić information content (AvgIpc) is 2.80. The molecule has 0 aliphatic carbocycles. The molecule has 0 amide bonds. The minimum Gasteiger partial charge on any atom is -0.0985 e. The molecule has 140 valence electrons. The largest absolute Gasteiger partial charge is 0.0985 e. The summed E-state index contributed by atoms with van der Waals surface area (Å²) in [5.74, 6) is 0. The Morgan fingerprint density at radius 3 is 0.966 bits per heavy atom. The molecule has 0 aromatic heterocycles. The summed E-state index contributed by atoms with van der Waals surface area (Å²) >= 11 is 0. The van der Waals surface area contributed by atoms with Gasteiger partial charge in [-0.05, 0) is 50.9 Å². The summed E-state index contributed by atoms with van der Waals surface area (Å²) in [7, 11) is 0. The van der Waals surface area contributed by atoms with Crippen molar-refractivity contribution < 1.29 is 0 Å². The zero-order valence-corrected chi connectivity index (χ0v) is 16.5. The standard InChI is InChI=1S/C29H24/c1-3-22-5-13-26(14-6-22)28-17-9-24(10-18-28)21-25-11-19-29(20-12-25)27-15-7-23(4-2)8-16-27/h3-20H,1-2,21H2. The third kappa shape index (κ3) is 4.44. The Balaban J connectivity index is 1.45. The molecule has 29 heavy (non-hydrogen) atoms. The normalized spacial score (nSPS) is 10.5. The van der Waals surface area contributed by atoms with Gasteiger partial charge in [-0.25, -0.2) is 0 Å². The van der Waals surface area contributed by atoms with Crippen molar-refractivity contribution in [1.29, 1.82) is 0 Å². The second-order valence-electron chi connectivity index (χ2n) is 7.22. The molecule has 0 aliphatic heterocycles. The highest BCUT2D eigenvalue weighted by atomic mass is 14.1. The smallest absolute Gasteiger partial charge is 0.00258 e. The van der Waals surface area contributed by atoms with Gasteiger partial charge in [0.15, 0.2) is 0 Å². The lowest BCUT2D eigenvalue weighted by Crippen LogP contribution is -1.89. The van der Waals surface area contributed by atoms with E-state index in [2.05, 4.69) is 110 Å². The van der Waals surface area contributed by atoms with Crippen molar-refractivity contribution in [2.75, 3.05) is 0 Å². The summed E-state index contributed by atoms with van der Waals surface area (Å²) in [5, 5.41) is 0. The molecular weight excluding hydrogens is 348 g/mol. The summed E-state index contributed by atoms with van der Waals surface area (Å²) in [6.07, 6.45) is 4.67. The SMILES string of the molecule is C=Cc1ccc(-c2ccc(Cc3ccc(-c4ccc(C=C)cc4)cc3)cc2)cc1. The highest BCUT2D eigenvalue weighted by Gasteiger charge is 2.02. The van der Waals surface area contributed by atoms with E-state index < -0.39 is 0 Å². The molecule has 0 fully saturated rings. The number of rotatable bonds is 6. The van der Waals surface area contributed by atoms with E-state index in [0.717, 1.165) is 17.5 Å². The van der Waals surface area contributed by atoms with Crippen molar-refractivity contribution >= 4 is 12.2 Å². The lowest BCUT2D eigenvalue weighted by Gasteiger charge is -2.07. The van der Waals surface area contributed by atoms with Crippen molar-refractivity contribution in [3.8, 4) is 22.3 Å². The van der Waals surface area contributed by atoms with Crippen LogP contribution in [0.4, 0.5) is 0 Å². The zero-order valence-electron chi connectivity index (χ0n) is 16.5. The van der Waals surface area contributed by atoms with Gasteiger partial charge < -0.3 is 0 Å². The minimum absolute atomic E-state index is 0.936. The monoisotopic (exact) mass is 372 g/mol. The maximum absolute atomic E-state index is 3.81. The fourth-order valence-electron chi connectivity index (χ4n) is 3.49. The van der Waals surface area contributed by atoms with Gasteiger partial charge in [-0.2, -0.15) is 0 Å². The fourth-order valence-corrected chi connectivity index (χ4v) is 3.49. The first-order chi connectivity index (χ1) is 14.2. The lowest BCUT2D eigenvalue weighted by atomic mass is 9.98. The zero-order chi connectivity index (χ0) is 20.1. The van der Waals surface area contributed by atoms with Gasteiger partial charge in [0, 0.05) is 0 Å². The predicted molar refractivity (Wildman–Crippen MR) is 127 cm³/mol. The summed E-state index contributed by atoms with van der Waals surface area (Å²) in [4.78, 5) is 0. The molecule has 0 spiro atoms. The molecule has 0 radical (unpaired) electrons. The van der Waals surface area contributed by atoms with Crippen molar-refractivity contribution in [3.63, 3.8) is 0 Å². The van der Waals surface area contributed by atoms with Crippen LogP contribution in [0.1, 0.15) is 22.3 Å². The van der Waals surface area contributed by atoms with Crippen molar-refractivity contribution in [3.05, 3.63) is 132 Å². The third-order valence-corrected chi connectivity index (χ3v) is 5.28. The Labute approximate surface area is 173 Å². The van der Waals surface area contributed by atoms with Crippen molar-refractivity contribution in [2.45, 2.75) is 6.42 Å². The third-order valence-electron chi connectivity index (χ3n) is 5.28. The van der Waals surface area contributed by atoms with Gasteiger partial charge in [-0.1, -0.05) is 122 Å². The highest BCUT2D eigenvalue weighted by molar-refractivity contribution is 5.67. The van der Waals surface area contributed by atoms with Crippen LogP contribution in [0.15, 0.2) is 110 Å². The van der Waals surface area contributed by atoms with E-state index in [1.54, 1.807) is 0 Å². The molecule has 0 saturated carbocycles. The molecule has 0 nitrogen and oxygen atoms in total. The number of benzene rings is 4. The molecule has 4 aromatic carbocycles. The van der Waals surface area contributed by atoms with Crippen molar-refractivity contribution in [2.24, 2.45) is 0 Å². The molecule has 0 unspecified atom stereocenters. The van der Waals surface area contributed by atoms with Crippen LogP contribution in [0.25, 0.3) is 34.4 Å². The highest BCUT2D eigenvalue weighted by Crippen LogP contribution is 2.24. The lowest BCUT2D eigenvalue weighted by molar-refractivity contribution is 1.19. The van der Waals surface area contributed by atoms with Crippen LogP contribution in [-0.4, -0.2) is 0 Å². The molecular formula is C29H24. The Morgan fingerprint density at radius 2 is 0.690 bits per heavy atom. The molecule has 0 N–H and O–H groups in total. The van der Waals surface area contributed by atoms with E-state index in [1.165, 1.54) is 33.4 Å². The van der Waals surface area contributed by atoms with E-state index in [0.29, 0.717) is 0 Å². The Morgan fingerprint density at radius 1 is 0.414 bits per heavy atom. The Hall–Kier alpha value is -3.64. The number of hydrogen-bond donors (Lipinski definition) is 0. The van der Waals surface area contributed by atoms with E-state index in [-0.39, 0.29) is 0 Å². The topological polar surface area (TPSA) is 0 Å². The Kier molecular flexibility index (Phi) is 5.54. The predicted octanol–water partition coefficient (Wildman–Crippen LogP) is 7.90. The van der Waals surface area contributed by atoms with Gasteiger partial charge in [0.25, 0.3) is 0 Å². The molecule has 4 aromatic rings. The number of hydrogen-bond acceptors (Lipinski definition) is 0. The van der Waals surface area contributed by atoms with Gasteiger partial charge in [0.2, 0.25) is 0 Å². The summed E-state index contributed by atoms with van der Waals surface area (Å²) < 4.78 is 0. The van der Waals surface area contributed by atoms with Crippen LogP contribution < -0.4 is 0 Å². The van der Waals surface area contributed by atoms with Crippen LogP contribution in [0.5, 0.6) is 0 Å². The van der Waals surface area contributed by atoms with Crippen molar-refractivity contribution in [1.82, 2.24) is 0 Å². The van der Waals surface area contributed by atoms with Gasteiger partial charge in [0.05, 0.1) is 0 Å². The van der Waals surface area contributed by atoms with Gasteiger partial charge in [0.1, 0.15) is 0 Å². The summed E-state index contributed by atoms with van der Waals surface area (Å²) in [5.41, 5.74) is 9.86. The maximum Gasteiger partial charge on any atom is -0.00258 e. The molecule has 0 heterocycles. The average molecular weight is 373 g/mol. The van der Waals surface area contributed by atoms with Gasteiger partial charge >= 0.3 is 0 Å². The molecule has 0 saturated heterocycles. The first-order valence-corrected chi connectivity index (χ1v) is 9.89. The summed E-state index contributed by atoms with van der Waals surface area (Å²) in [6, 6.07) is 34.7. The summed E-state index contributed by atoms with van der Waals surface area (Å²) in [6.45, 7) is 7.62. The minimum atomic E-state index is 0.936. The van der Waals surface area contributed by atoms with E-state index >= 15 is 0 Å². The molecule has 0 heteroatoms. The second kappa shape index (κ2) is 8.58. The van der Waals surface area contributed by atoms with Gasteiger partial charge in [-0.3, -0.25) is 0 Å². The molecule has 0 bridgehead atoms. The van der Waals surface area contributed by atoms with Crippen LogP contribution in [0.3, 0.4) is 0 Å². The molecule has 0 atom stereocenters. The Bertz CT molecular complexity index is 1000. The van der Waals surface area contributed by atoms with E-state index in [4.69, 9.17) is 0 Å². The molecule has 4 rings (SSSR count). The van der Waals surface area contributed by atoms with Crippen LogP contribution in [0, 0.1) is 0 Å². The molecule has 0 aliphatic rings. The van der Waals surface area contributed by atoms with Crippen LogP contribution in [-0.2, 0) is 6.42 Å². The van der Waals surface area contributed by atoms with Crippen LogP contribution in [0.2, 0.25) is 0 Å². The first kappa shape index (κ1) is 18.7. The first-order valence-electron chi connectivity index (χ1n) is 9.89. The fraction of sp³-hybridized carbons (Fsp3) is 0.0345. The van der Waals surface area contributed by atoms with E-state index in [1.807, 2.05) is 12.2 Å². The quantitative estimate of drug-likeness (QED) is 0.323. The van der Waals surface area contributed by atoms with E-state index in [9.17, 15) is 0 Å².